The van der Waals surface area contributed by atoms with Gasteiger partial charge in [0.05, 0.1) is 6.04 Å². The molecule has 1 aromatic rings. The Bertz CT molecular complexity index is 444. The molecular weight excluding hydrogens is 302 g/mol. The van der Waals surface area contributed by atoms with Crippen LogP contribution >= 0.6 is 23.1 Å². The highest BCUT2D eigenvalue weighted by Crippen LogP contribution is 2.23. The molecule has 3 N–H and O–H groups in total. The molecular formula is C15H25N3OS2. The maximum atomic E-state index is 12.1. The third kappa shape index (κ3) is 5.27. The van der Waals surface area contributed by atoms with Crippen molar-refractivity contribution >= 4 is 29.0 Å². The summed E-state index contributed by atoms with van der Waals surface area (Å²) in [7, 11) is 0. The van der Waals surface area contributed by atoms with Gasteiger partial charge in [-0.2, -0.15) is 11.8 Å². The number of aromatic nitrogens is 1. The van der Waals surface area contributed by atoms with Crippen molar-refractivity contribution in [2.24, 2.45) is 11.7 Å². The monoisotopic (exact) mass is 327 g/mol. The van der Waals surface area contributed by atoms with E-state index in [4.69, 9.17) is 5.73 Å². The molecule has 0 aliphatic heterocycles. The largest absolute Gasteiger partial charge is 0.350 e. The predicted octanol–water partition coefficient (Wildman–Crippen LogP) is 3.21. The first-order valence-corrected chi connectivity index (χ1v) is 9.96. The lowest BCUT2D eigenvalue weighted by molar-refractivity contribution is 0.0939. The second-order valence-electron chi connectivity index (χ2n) is 5.67. The van der Waals surface area contributed by atoms with E-state index in [9.17, 15) is 4.79 Å². The summed E-state index contributed by atoms with van der Waals surface area (Å²) in [6, 6.07) is -0.0534. The van der Waals surface area contributed by atoms with E-state index in [1.807, 2.05) is 5.38 Å². The highest BCUT2D eigenvalue weighted by molar-refractivity contribution is 7.98. The van der Waals surface area contributed by atoms with Gasteiger partial charge in [-0.15, -0.1) is 11.3 Å². The summed E-state index contributed by atoms with van der Waals surface area (Å²) in [5.74, 6) is 1.61. The molecule has 1 aliphatic carbocycles. The summed E-state index contributed by atoms with van der Waals surface area (Å²) in [6.07, 6.45) is 9.38. The van der Waals surface area contributed by atoms with Gasteiger partial charge in [0.1, 0.15) is 10.7 Å². The van der Waals surface area contributed by atoms with Crippen molar-refractivity contribution in [3.63, 3.8) is 0 Å². The Hall–Kier alpha value is -0.590. The van der Waals surface area contributed by atoms with E-state index in [-0.39, 0.29) is 11.9 Å². The number of nitrogens with one attached hydrogen (secondary N) is 1. The summed E-state index contributed by atoms with van der Waals surface area (Å²) >= 11 is 3.27. The normalized spacial score (nSPS) is 17.6. The van der Waals surface area contributed by atoms with Crippen LogP contribution in [0.3, 0.4) is 0 Å². The van der Waals surface area contributed by atoms with Crippen LogP contribution in [-0.4, -0.2) is 29.4 Å². The van der Waals surface area contributed by atoms with Crippen LogP contribution in [0.25, 0.3) is 0 Å². The Morgan fingerprint density at radius 1 is 1.52 bits per heavy atom. The zero-order valence-electron chi connectivity index (χ0n) is 12.6. The van der Waals surface area contributed by atoms with Gasteiger partial charge in [-0.05, 0) is 37.2 Å². The molecule has 1 heterocycles. The molecule has 0 bridgehead atoms. The Morgan fingerprint density at radius 2 is 2.29 bits per heavy atom. The number of amides is 1. The second-order valence-corrected chi connectivity index (χ2v) is 7.55. The highest BCUT2D eigenvalue weighted by Gasteiger charge is 2.17. The van der Waals surface area contributed by atoms with Crippen LogP contribution in [0.1, 0.15) is 60.1 Å². The molecule has 2 rings (SSSR count). The number of hydrogen-bond donors (Lipinski definition) is 2. The van der Waals surface area contributed by atoms with Gasteiger partial charge in [-0.25, -0.2) is 4.98 Å². The van der Waals surface area contributed by atoms with Crippen LogP contribution in [0, 0.1) is 5.92 Å². The van der Waals surface area contributed by atoms with E-state index < -0.39 is 0 Å². The minimum Gasteiger partial charge on any atom is -0.350 e. The van der Waals surface area contributed by atoms with Crippen LogP contribution in [0.4, 0.5) is 0 Å². The average Bonchev–Trinajstić information content (AvgIpc) is 3.01. The highest BCUT2D eigenvalue weighted by atomic mass is 32.2. The first-order valence-electron chi connectivity index (χ1n) is 7.69. The predicted molar refractivity (Wildman–Crippen MR) is 90.9 cm³/mol. The number of thioether (sulfide) groups is 1. The van der Waals surface area contributed by atoms with Crippen molar-refractivity contribution in [3.05, 3.63) is 16.1 Å². The van der Waals surface area contributed by atoms with E-state index in [2.05, 4.69) is 16.6 Å². The van der Waals surface area contributed by atoms with Crippen LogP contribution in [-0.2, 0) is 0 Å². The fourth-order valence-corrected chi connectivity index (χ4v) is 3.97. The number of carbonyl (C=O) groups is 1. The topological polar surface area (TPSA) is 68.0 Å². The van der Waals surface area contributed by atoms with Crippen molar-refractivity contribution in [1.82, 2.24) is 10.3 Å². The van der Waals surface area contributed by atoms with Crippen LogP contribution < -0.4 is 11.1 Å². The first-order chi connectivity index (χ1) is 10.2. The molecule has 0 aromatic carbocycles. The van der Waals surface area contributed by atoms with Gasteiger partial charge >= 0.3 is 0 Å². The minimum atomic E-state index is -0.0554. The van der Waals surface area contributed by atoms with E-state index in [1.165, 1.54) is 43.4 Å². The molecule has 0 radical (unpaired) electrons. The van der Waals surface area contributed by atoms with Crippen molar-refractivity contribution in [3.8, 4) is 0 Å². The number of rotatable bonds is 7. The number of hydrogen-bond acceptors (Lipinski definition) is 5. The van der Waals surface area contributed by atoms with Gasteiger partial charge in [0.15, 0.2) is 0 Å². The lowest BCUT2D eigenvalue weighted by Gasteiger charge is -2.21. The Morgan fingerprint density at radius 3 is 3.00 bits per heavy atom. The Labute approximate surface area is 135 Å². The van der Waals surface area contributed by atoms with Gasteiger partial charge in [0, 0.05) is 11.9 Å². The molecule has 1 fully saturated rings. The van der Waals surface area contributed by atoms with Crippen LogP contribution in [0.15, 0.2) is 5.38 Å². The Balaban J connectivity index is 1.80. The third-order valence-corrected chi connectivity index (χ3v) is 5.60. The second kappa shape index (κ2) is 8.76. The van der Waals surface area contributed by atoms with Gasteiger partial charge in [0.2, 0.25) is 0 Å². The van der Waals surface area contributed by atoms with E-state index in [0.717, 1.165) is 23.7 Å². The standard InChI is InChI=1S/C15H25N3OS2/c1-20-8-7-12(16)15-18-13(10-21-15)14(19)17-9-11-5-3-2-4-6-11/h10-12H,2-9,16H2,1H3,(H,17,19). The molecule has 21 heavy (non-hydrogen) atoms. The van der Waals surface area contributed by atoms with Gasteiger partial charge in [0.25, 0.3) is 5.91 Å². The average molecular weight is 328 g/mol. The van der Waals surface area contributed by atoms with Gasteiger partial charge < -0.3 is 11.1 Å². The molecule has 1 unspecified atom stereocenters. The van der Waals surface area contributed by atoms with E-state index in [1.54, 1.807) is 11.8 Å². The number of carbonyl (C=O) groups excluding carboxylic acids is 1. The number of nitrogens with two attached hydrogens (primary N) is 1. The van der Waals surface area contributed by atoms with Crippen molar-refractivity contribution < 1.29 is 4.79 Å². The van der Waals surface area contributed by atoms with Crippen LogP contribution in [0.5, 0.6) is 0 Å². The number of thiazole rings is 1. The Kier molecular flexibility index (Phi) is 6.99. The maximum absolute atomic E-state index is 12.1. The van der Waals surface area contributed by atoms with Crippen molar-refractivity contribution in [2.75, 3.05) is 18.6 Å². The molecule has 0 spiro atoms. The fourth-order valence-electron chi connectivity index (χ4n) is 2.65. The summed E-state index contributed by atoms with van der Waals surface area (Å²) in [6.45, 7) is 0.782. The van der Waals surface area contributed by atoms with Gasteiger partial charge in [-0.1, -0.05) is 19.3 Å². The molecule has 1 saturated carbocycles. The number of nitrogens with zero attached hydrogens (tertiary/aromatic N) is 1. The lowest BCUT2D eigenvalue weighted by Crippen LogP contribution is -2.30. The van der Waals surface area contributed by atoms with E-state index in [0.29, 0.717) is 11.6 Å². The quantitative estimate of drug-likeness (QED) is 0.807. The van der Waals surface area contributed by atoms with Crippen LogP contribution in [0.2, 0.25) is 0 Å². The molecule has 1 aromatic heterocycles. The molecule has 118 valence electrons. The van der Waals surface area contributed by atoms with E-state index >= 15 is 0 Å². The summed E-state index contributed by atoms with van der Waals surface area (Å²) < 4.78 is 0. The smallest absolute Gasteiger partial charge is 0.270 e. The maximum Gasteiger partial charge on any atom is 0.270 e. The van der Waals surface area contributed by atoms with Crippen molar-refractivity contribution in [1.29, 1.82) is 0 Å². The molecule has 4 nitrogen and oxygen atoms in total. The zero-order chi connectivity index (χ0) is 15.1. The lowest BCUT2D eigenvalue weighted by atomic mass is 9.89. The summed E-state index contributed by atoms with van der Waals surface area (Å²) in [5.41, 5.74) is 6.61. The first kappa shape index (κ1) is 16.8. The third-order valence-electron chi connectivity index (χ3n) is 3.98. The molecule has 6 heteroatoms. The molecule has 0 saturated heterocycles. The summed E-state index contributed by atoms with van der Waals surface area (Å²) in [4.78, 5) is 16.5. The zero-order valence-corrected chi connectivity index (χ0v) is 14.3. The minimum absolute atomic E-state index is 0.0534. The van der Waals surface area contributed by atoms with Crippen molar-refractivity contribution in [2.45, 2.75) is 44.6 Å². The molecule has 1 atom stereocenters. The summed E-state index contributed by atoms with van der Waals surface area (Å²) in [5, 5.41) is 5.72. The van der Waals surface area contributed by atoms with Gasteiger partial charge in [-0.3, -0.25) is 4.79 Å². The fraction of sp³-hybridized carbons (Fsp3) is 0.733. The SMILES string of the molecule is CSCCC(N)c1nc(C(=O)NCC2CCCCC2)cs1. The molecule has 1 amide bonds. The molecule has 1 aliphatic rings.